The molecule has 0 aromatic carbocycles. The summed E-state index contributed by atoms with van der Waals surface area (Å²) in [4.78, 5) is 1.00. The predicted molar refractivity (Wildman–Crippen MR) is 49.2 cm³/mol. The minimum Gasteiger partial charge on any atom is -0.330 e. The Labute approximate surface area is 79.6 Å². The fourth-order valence-electron chi connectivity index (χ4n) is 1.94. The molecule has 1 nitrogen and oxygen atoms in total. The summed E-state index contributed by atoms with van der Waals surface area (Å²) in [6, 6.07) is 3.78. The zero-order valence-electron chi connectivity index (χ0n) is 7.09. The van der Waals surface area contributed by atoms with Gasteiger partial charge in [-0.25, -0.2) is 8.78 Å². The number of halogens is 2. The molecule has 1 aliphatic carbocycles. The molecule has 0 saturated heterocycles. The van der Waals surface area contributed by atoms with Crippen molar-refractivity contribution in [2.45, 2.75) is 24.2 Å². The maximum Gasteiger partial charge on any atom is 0.250 e. The van der Waals surface area contributed by atoms with Gasteiger partial charge in [-0.3, -0.25) is 0 Å². The Morgan fingerprint density at radius 3 is 2.54 bits per heavy atom. The van der Waals surface area contributed by atoms with E-state index in [1.165, 1.54) is 11.3 Å². The maximum atomic E-state index is 12.8. The third-order valence-corrected chi connectivity index (χ3v) is 3.74. The van der Waals surface area contributed by atoms with Crippen molar-refractivity contribution in [1.29, 1.82) is 0 Å². The van der Waals surface area contributed by atoms with Crippen LogP contribution < -0.4 is 5.73 Å². The second kappa shape index (κ2) is 2.75. The van der Waals surface area contributed by atoms with Crippen molar-refractivity contribution in [2.75, 3.05) is 6.54 Å². The number of nitrogens with two attached hydrogens (primary N) is 1. The predicted octanol–water partition coefficient (Wildman–Crippen LogP) is 2.37. The molecule has 13 heavy (non-hydrogen) atoms. The number of hydrogen-bond acceptors (Lipinski definition) is 2. The van der Waals surface area contributed by atoms with Crippen LogP contribution in [0.2, 0.25) is 0 Å². The van der Waals surface area contributed by atoms with Crippen LogP contribution in [0, 0.1) is 0 Å². The average molecular weight is 203 g/mol. The van der Waals surface area contributed by atoms with Gasteiger partial charge in [0.05, 0.1) is 0 Å². The molecule has 0 amide bonds. The van der Waals surface area contributed by atoms with Crippen molar-refractivity contribution in [1.82, 2.24) is 0 Å². The first-order valence-electron chi connectivity index (χ1n) is 4.20. The Morgan fingerprint density at radius 2 is 2.15 bits per heavy atom. The van der Waals surface area contributed by atoms with Gasteiger partial charge in [-0.1, -0.05) is 6.07 Å². The van der Waals surface area contributed by atoms with Crippen molar-refractivity contribution in [3.8, 4) is 0 Å². The minimum atomic E-state index is -2.50. The van der Waals surface area contributed by atoms with Crippen LogP contribution in [0.4, 0.5) is 8.78 Å². The summed E-state index contributed by atoms with van der Waals surface area (Å²) < 4.78 is 25.5. The second-order valence-corrected chi connectivity index (χ2v) is 4.62. The van der Waals surface area contributed by atoms with Crippen molar-refractivity contribution in [2.24, 2.45) is 5.73 Å². The highest BCUT2D eigenvalue weighted by atomic mass is 32.1. The van der Waals surface area contributed by atoms with Gasteiger partial charge in [0.15, 0.2) is 0 Å². The van der Waals surface area contributed by atoms with Gasteiger partial charge in [-0.05, 0) is 11.4 Å². The minimum absolute atomic E-state index is 0.0863. The van der Waals surface area contributed by atoms with Gasteiger partial charge >= 0.3 is 0 Å². The van der Waals surface area contributed by atoms with E-state index in [1.54, 1.807) is 0 Å². The summed E-state index contributed by atoms with van der Waals surface area (Å²) in [5, 5.41) is 1.91. The van der Waals surface area contributed by atoms with Crippen molar-refractivity contribution in [3.63, 3.8) is 0 Å². The van der Waals surface area contributed by atoms with Crippen LogP contribution >= 0.6 is 11.3 Å². The van der Waals surface area contributed by atoms with E-state index < -0.39 is 11.3 Å². The Bertz CT molecular complexity index is 287. The Kier molecular flexibility index (Phi) is 1.92. The molecule has 4 heteroatoms. The molecular formula is C9H11F2NS. The lowest BCUT2D eigenvalue weighted by Gasteiger charge is -2.46. The molecule has 1 aromatic rings. The van der Waals surface area contributed by atoms with Crippen LogP contribution in [0.5, 0.6) is 0 Å². The first kappa shape index (κ1) is 9.09. The first-order valence-corrected chi connectivity index (χ1v) is 5.08. The molecule has 2 rings (SSSR count). The molecular weight excluding hydrogens is 192 g/mol. The van der Waals surface area contributed by atoms with Gasteiger partial charge in [0.2, 0.25) is 5.92 Å². The molecule has 1 heterocycles. The van der Waals surface area contributed by atoms with Gasteiger partial charge in [-0.2, -0.15) is 0 Å². The van der Waals surface area contributed by atoms with Gasteiger partial charge in [0.25, 0.3) is 0 Å². The van der Waals surface area contributed by atoms with E-state index in [4.69, 9.17) is 5.73 Å². The van der Waals surface area contributed by atoms with E-state index in [1.807, 2.05) is 17.5 Å². The highest BCUT2D eigenvalue weighted by Gasteiger charge is 2.56. The lowest BCUT2D eigenvalue weighted by atomic mass is 9.65. The summed E-state index contributed by atoms with van der Waals surface area (Å²) in [6.07, 6.45) is -0.173. The van der Waals surface area contributed by atoms with E-state index in [9.17, 15) is 8.78 Å². The first-order chi connectivity index (χ1) is 6.08. The molecule has 1 aromatic heterocycles. The van der Waals surface area contributed by atoms with E-state index in [2.05, 4.69) is 0 Å². The Hall–Kier alpha value is -0.480. The lowest BCUT2D eigenvalue weighted by molar-refractivity contribution is -0.122. The molecule has 72 valence electrons. The molecule has 1 saturated carbocycles. The van der Waals surface area contributed by atoms with E-state index in [-0.39, 0.29) is 12.8 Å². The van der Waals surface area contributed by atoms with Gasteiger partial charge < -0.3 is 5.73 Å². The number of hydrogen-bond donors (Lipinski definition) is 1. The van der Waals surface area contributed by atoms with E-state index >= 15 is 0 Å². The highest BCUT2D eigenvalue weighted by molar-refractivity contribution is 7.10. The molecule has 0 bridgehead atoms. The molecule has 0 unspecified atom stereocenters. The van der Waals surface area contributed by atoms with Gasteiger partial charge in [0, 0.05) is 29.7 Å². The molecule has 0 aliphatic heterocycles. The molecule has 0 atom stereocenters. The molecule has 1 aliphatic rings. The normalized spacial score (nSPS) is 23.9. The standard InChI is InChI=1S/C9H11F2NS/c10-9(11)4-8(5-9,6-12)7-2-1-3-13-7/h1-3H,4-6,12H2. The fourth-order valence-corrected chi connectivity index (χ4v) is 2.88. The summed E-state index contributed by atoms with van der Waals surface area (Å²) in [5.74, 6) is -2.50. The summed E-state index contributed by atoms with van der Waals surface area (Å²) in [6.45, 7) is 0.323. The SMILES string of the molecule is NCC1(c2cccs2)CC(F)(F)C1. The third kappa shape index (κ3) is 1.38. The van der Waals surface area contributed by atoms with Crippen LogP contribution in [0.3, 0.4) is 0 Å². The van der Waals surface area contributed by atoms with Crippen molar-refractivity contribution in [3.05, 3.63) is 22.4 Å². The molecule has 1 fully saturated rings. The quantitative estimate of drug-likeness (QED) is 0.784. The summed E-state index contributed by atoms with van der Waals surface area (Å²) >= 11 is 1.52. The van der Waals surface area contributed by atoms with Crippen molar-refractivity contribution >= 4 is 11.3 Å². The molecule has 2 N–H and O–H groups in total. The largest absolute Gasteiger partial charge is 0.330 e. The van der Waals surface area contributed by atoms with Crippen LogP contribution in [0.1, 0.15) is 17.7 Å². The zero-order chi connectivity index (χ0) is 9.53. The highest BCUT2D eigenvalue weighted by Crippen LogP contribution is 2.53. The zero-order valence-corrected chi connectivity index (χ0v) is 7.91. The maximum absolute atomic E-state index is 12.8. The summed E-state index contributed by atoms with van der Waals surface area (Å²) in [5.41, 5.74) is 5.12. The molecule has 0 spiro atoms. The lowest BCUT2D eigenvalue weighted by Crippen LogP contribution is -2.53. The number of thiophene rings is 1. The van der Waals surface area contributed by atoms with Crippen LogP contribution in [0.25, 0.3) is 0 Å². The average Bonchev–Trinajstić information content (AvgIpc) is 2.51. The van der Waals surface area contributed by atoms with Crippen molar-refractivity contribution < 1.29 is 8.78 Å². The topological polar surface area (TPSA) is 26.0 Å². The molecule has 0 radical (unpaired) electrons. The van der Waals surface area contributed by atoms with Crippen LogP contribution in [-0.2, 0) is 5.41 Å². The monoisotopic (exact) mass is 203 g/mol. The number of alkyl halides is 2. The second-order valence-electron chi connectivity index (χ2n) is 3.67. The summed E-state index contributed by atoms with van der Waals surface area (Å²) in [7, 11) is 0. The Morgan fingerprint density at radius 1 is 1.46 bits per heavy atom. The van der Waals surface area contributed by atoms with Gasteiger partial charge in [0.1, 0.15) is 0 Å². The third-order valence-electron chi connectivity index (χ3n) is 2.63. The van der Waals surface area contributed by atoms with Gasteiger partial charge in [-0.15, -0.1) is 11.3 Å². The fraction of sp³-hybridized carbons (Fsp3) is 0.556. The number of rotatable bonds is 2. The van der Waals surface area contributed by atoms with Crippen LogP contribution in [0.15, 0.2) is 17.5 Å². The van der Waals surface area contributed by atoms with E-state index in [0.717, 1.165) is 4.88 Å². The smallest absolute Gasteiger partial charge is 0.250 e. The van der Waals surface area contributed by atoms with E-state index in [0.29, 0.717) is 6.54 Å². The van der Waals surface area contributed by atoms with Crippen LogP contribution in [-0.4, -0.2) is 12.5 Å². The Balaban J connectivity index is 2.21.